The molecule has 0 saturated carbocycles. The summed E-state index contributed by atoms with van der Waals surface area (Å²) in [6.45, 7) is 4.46. The Morgan fingerprint density at radius 3 is 2.17 bits per heavy atom. The summed E-state index contributed by atoms with van der Waals surface area (Å²) in [5, 5.41) is 18.3. The van der Waals surface area contributed by atoms with E-state index in [4.69, 9.17) is 5.26 Å². The van der Waals surface area contributed by atoms with E-state index in [2.05, 4.69) is 6.07 Å². The number of aliphatic hydroxyl groups is 1. The van der Waals surface area contributed by atoms with Crippen molar-refractivity contribution in [3.8, 4) is 6.07 Å². The van der Waals surface area contributed by atoms with E-state index in [0.717, 1.165) is 0 Å². The van der Waals surface area contributed by atoms with Gasteiger partial charge in [0.1, 0.15) is 0 Å². The molecule has 12 heavy (non-hydrogen) atoms. The highest BCUT2D eigenvalue weighted by Crippen LogP contribution is 2.12. The molecule has 3 nitrogen and oxygen atoms in total. The van der Waals surface area contributed by atoms with Crippen LogP contribution in [0.3, 0.4) is 0 Å². The number of hydrogen-bond donors (Lipinski definition) is 1. The van der Waals surface area contributed by atoms with Crippen LogP contribution >= 0.6 is 0 Å². The van der Waals surface area contributed by atoms with Crippen molar-refractivity contribution < 1.29 is 5.11 Å². The molecule has 0 spiro atoms. The van der Waals surface area contributed by atoms with Crippen LogP contribution in [0.25, 0.3) is 0 Å². The molecular weight excluding hydrogens is 152 g/mol. The lowest BCUT2D eigenvalue weighted by atomic mass is 9.94. The summed E-state index contributed by atoms with van der Waals surface area (Å²) < 4.78 is 0. The first kappa shape index (κ1) is 11.4. The molecular formula is C9H18N2O. The average molecular weight is 170 g/mol. The molecule has 3 heteroatoms. The Morgan fingerprint density at radius 2 is 1.92 bits per heavy atom. The maximum atomic E-state index is 9.59. The summed E-state index contributed by atoms with van der Waals surface area (Å²) in [5.41, 5.74) is 0. The van der Waals surface area contributed by atoms with Gasteiger partial charge < -0.3 is 10.0 Å². The summed E-state index contributed by atoms with van der Waals surface area (Å²) in [7, 11) is 3.80. The normalized spacial score (nSPS) is 16.2. The van der Waals surface area contributed by atoms with Gasteiger partial charge in [0.15, 0.2) is 0 Å². The zero-order chi connectivity index (χ0) is 9.72. The number of hydrogen-bond acceptors (Lipinski definition) is 3. The number of nitriles is 1. The van der Waals surface area contributed by atoms with E-state index >= 15 is 0 Å². The van der Waals surface area contributed by atoms with Crippen molar-refractivity contribution >= 4 is 0 Å². The van der Waals surface area contributed by atoms with E-state index in [1.54, 1.807) is 0 Å². The molecule has 0 radical (unpaired) electrons. The minimum Gasteiger partial charge on any atom is -0.391 e. The lowest BCUT2D eigenvalue weighted by Crippen LogP contribution is -2.33. The summed E-state index contributed by atoms with van der Waals surface area (Å²) in [4.78, 5) is 1.92. The van der Waals surface area contributed by atoms with Crippen molar-refractivity contribution in [1.29, 1.82) is 5.26 Å². The van der Waals surface area contributed by atoms with Crippen molar-refractivity contribution in [2.75, 3.05) is 20.6 Å². The first-order valence-corrected chi connectivity index (χ1v) is 4.21. The third-order valence-electron chi connectivity index (χ3n) is 1.82. The second-order valence-corrected chi connectivity index (χ2v) is 3.73. The SMILES string of the molecule is CC(C)[C@H](O)[C@@H](C#N)CN(C)C. The third kappa shape index (κ3) is 3.70. The van der Waals surface area contributed by atoms with Gasteiger partial charge in [0.25, 0.3) is 0 Å². The van der Waals surface area contributed by atoms with Crippen LogP contribution in [0.2, 0.25) is 0 Å². The third-order valence-corrected chi connectivity index (χ3v) is 1.82. The average Bonchev–Trinajstić information content (AvgIpc) is 1.98. The lowest BCUT2D eigenvalue weighted by molar-refractivity contribution is 0.0754. The molecule has 0 bridgehead atoms. The van der Waals surface area contributed by atoms with Crippen molar-refractivity contribution in [3.05, 3.63) is 0 Å². The Kier molecular flexibility index (Phi) is 4.87. The minimum atomic E-state index is -0.516. The molecule has 0 aliphatic carbocycles. The molecule has 0 aliphatic heterocycles. The van der Waals surface area contributed by atoms with Gasteiger partial charge in [-0.05, 0) is 20.0 Å². The fourth-order valence-electron chi connectivity index (χ4n) is 1.08. The van der Waals surface area contributed by atoms with Crippen molar-refractivity contribution in [3.63, 3.8) is 0 Å². The summed E-state index contributed by atoms with van der Waals surface area (Å²) in [6.07, 6.45) is -0.516. The second kappa shape index (κ2) is 5.13. The van der Waals surface area contributed by atoms with E-state index in [1.807, 2.05) is 32.8 Å². The highest BCUT2D eigenvalue weighted by atomic mass is 16.3. The maximum absolute atomic E-state index is 9.59. The molecule has 0 fully saturated rings. The largest absolute Gasteiger partial charge is 0.391 e. The number of rotatable bonds is 4. The summed E-state index contributed by atoms with van der Waals surface area (Å²) in [5.74, 6) is -0.130. The maximum Gasteiger partial charge on any atom is 0.0851 e. The van der Waals surface area contributed by atoms with Gasteiger partial charge in [0.2, 0.25) is 0 Å². The standard InChI is InChI=1S/C9H18N2O/c1-7(2)9(12)8(5-10)6-11(3)4/h7-9,12H,6H2,1-4H3/t8-,9-/m0/s1. The highest BCUT2D eigenvalue weighted by Gasteiger charge is 2.22. The van der Waals surface area contributed by atoms with E-state index in [9.17, 15) is 5.11 Å². The molecule has 0 aliphatic rings. The molecule has 70 valence electrons. The van der Waals surface area contributed by atoms with E-state index in [0.29, 0.717) is 6.54 Å². The molecule has 0 amide bonds. The van der Waals surface area contributed by atoms with Crippen LogP contribution in [0, 0.1) is 23.2 Å². The number of aliphatic hydroxyl groups excluding tert-OH is 1. The van der Waals surface area contributed by atoms with Gasteiger partial charge in [-0.15, -0.1) is 0 Å². The monoisotopic (exact) mass is 170 g/mol. The van der Waals surface area contributed by atoms with E-state index < -0.39 is 6.10 Å². The Hall–Kier alpha value is -0.590. The summed E-state index contributed by atoms with van der Waals surface area (Å²) in [6, 6.07) is 2.12. The molecule has 0 unspecified atom stereocenters. The molecule has 0 rings (SSSR count). The van der Waals surface area contributed by atoms with E-state index in [-0.39, 0.29) is 11.8 Å². The topological polar surface area (TPSA) is 47.3 Å². The Balaban J connectivity index is 4.08. The molecule has 1 N–H and O–H groups in total. The van der Waals surface area contributed by atoms with Crippen LogP contribution in [-0.4, -0.2) is 36.8 Å². The zero-order valence-electron chi connectivity index (χ0n) is 8.28. The van der Waals surface area contributed by atoms with Crippen LogP contribution in [-0.2, 0) is 0 Å². The fourth-order valence-corrected chi connectivity index (χ4v) is 1.08. The molecule has 2 atom stereocenters. The molecule has 0 heterocycles. The van der Waals surface area contributed by atoms with Crippen LogP contribution < -0.4 is 0 Å². The molecule has 0 saturated heterocycles. The van der Waals surface area contributed by atoms with Gasteiger partial charge >= 0.3 is 0 Å². The van der Waals surface area contributed by atoms with Gasteiger partial charge in [-0.25, -0.2) is 0 Å². The first-order chi connectivity index (χ1) is 5.49. The Morgan fingerprint density at radius 1 is 1.42 bits per heavy atom. The van der Waals surface area contributed by atoms with Crippen molar-refractivity contribution in [1.82, 2.24) is 4.90 Å². The van der Waals surface area contributed by atoms with Crippen LogP contribution in [0.1, 0.15) is 13.8 Å². The quantitative estimate of drug-likeness (QED) is 0.675. The van der Waals surface area contributed by atoms with Gasteiger partial charge in [-0.2, -0.15) is 5.26 Å². The van der Waals surface area contributed by atoms with E-state index in [1.165, 1.54) is 0 Å². The summed E-state index contributed by atoms with van der Waals surface area (Å²) >= 11 is 0. The minimum absolute atomic E-state index is 0.148. The number of nitrogens with zero attached hydrogens (tertiary/aromatic N) is 2. The zero-order valence-corrected chi connectivity index (χ0v) is 8.28. The van der Waals surface area contributed by atoms with Gasteiger partial charge in [-0.1, -0.05) is 13.8 Å². The molecule has 0 aromatic carbocycles. The Bertz CT molecular complexity index is 160. The van der Waals surface area contributed by atoms with Crippen molar-refractivity contribution in [2.45, 2.75) is 20.0 Å². The van der Waals surface area contributed by atoms with Gasteiger partial charge in [0, 0.05) is 6.54 Å². The highest BCUT2D eigenvalue weighted by molar-refractivity contribution is 4.90. The molecule has 0 aromatic heterocycles. The van der Waals surface area contributed by atoms with Gasteiger partial charge in [-0.3, -0.25) is 0 Å². The van der Waals surface area contributed by atoms with Crippen LogP contribution in [0.15, 0.2) is 0 Å². The van der Waals surface area contributed by atoms with Gasteiger partial charge in [0.05, 0.1) is 18.1 Å². The van der Waals surface area contributed by atoms with Crippen LogP contribution in [0.5, 0.6) is 0 Å². The Labute approximate surface area is 74.6 Å². The van der Waals surface area contributed by atoms with Crippen molar-refractivity contribution in [2.24, 2.45) is 11.8 Å². The second-order valence-electron chi connectivity index (χ2n) is 3.73. The predicted octanol–water partition coefficient (Wildman–Crippen LogP) is 0.705. The fraction of sp³-hybridized carbons (Fsp3) is 0.889. The first-order valence-electron chi connectivity index (χ1n) is 4.21. The van der Waals surface area contributed by atoms with Crippen LogP contribution in [0.4, 0.5) is 0 Å². The smallest absolute Gasteiger partial charge is 0.0851 e. The molecule has 0 aromatic rings. The lowest BCUT2D eigenvalue weighted by Gasteiger charge is -2.22. The predicted molar refractivity (Wildman–Crippen MR) is 48.5 cm³/mol.